The van der Waals surface area contributed by atoms with Gasteiger partial charge >= 0.3 is 12.0 Å². The van der Waals surface area contributed by atoms with E-state index >= 15 is 0 Å². The monoisotopic (exact) mass is 285 g/mol. The van der Waals surface area contributed by atoms with Crippen LogP contribution in [0.1, 0.15) is 26.6 Å². The Morgan fingerprint density at radius 3 is 2.35 bits per heavy atom. The van der Waals surface area contributed by atoms with E-state index < -0.39 is 29.4 Å². The predicted molar refractivity (Wildman–Crippen MR) is 67.2 cm³/mol. The molecule has 7 heteroatoms. The first-order valence-electron chi connectivity index (χ1n) is 6.33. The Balaban J connectivity index is 1.95. The minimum Gasteiger partial charge on any atom is -0.444 e. The van der Waals surface area contributed by atoms with Crippen LogP contribution in [-0.4, -0.2) is 39.7 Å². The molecule has 2 heterocycles. The minimum atomic E-state index is -3.14. The highest BCUT2D eigenvalue weighted by atomic mass is 19.3. The standard InChI is InChI=1S/C13H17F2N3O2/c1-12(2,3)20-11(19)18-7-9(8-18)13(14,15)10-16-5-4-6-17-10/h4-6,9H,7-8H2,1-3H3. The number of alkyl halides is 2. The van der Waals surface area contributed by atoms with E-state index in [1.54, 1.807) is 20.8 Å². The summed E-state index contributed by atoms with van der Waals surface area (Å²) in [6, 6.07) is 1.48. The zero-order chi connectivity index (χ0) is 15.0. The Bertz CT molecular complexity index is 482. The summed E-state index contributed by atoms with van der Waals surface area (Å²) in [5.74, 6) is -4.62. The number of hydrogen-bond acceptors (Lipinski definition) is 4. The van der Waals surface area contributed by atoms with Gasteiger partial charge in [0.2, 0.25) is 0 Å². The average molecular weight is 285 g/mol. The van der Waals surface area contributed by atoms with Crippen molar-refractivity contribution in [1.82, 2.24) is 14.9 Å². The maximum atomic E-state index is 14.1. The van der Waals surface area contributed by atoms with Crippen LogP contribution in [0.4, 0.5) is 13.6 Å². The number of aromatic nitrogens is 2. The molecule has 110 valence electrons. The minimum absolute atomic E-state index is 0.0554. The second kappa shape index (κ2) is 4.96. The Morgan fingerprint density at radius 1 is 1.30 bits per heavy atom. The van der Waals surface area contributed by atoms with Gasteiger partial charge in [0.15, 0.2) is 5.82 Å². The number of ether oxygens (including phenoxy) is 1. The number of hydrogen-bond donors (Lipinski definition) is 0. The molecule has 5 nitrogen and oxygen atoms in total. The highest BCUT2D eigenvalue weighted by Gasteiger charge is 2.51. The highest BCUT2D eigenvalue weighted by molar-refractivity contribution is 5.69. The van der Waals surface area contributed by atoms with Gasteiger partial charge in [-0.25, -0.2) is 14.8 Å². The van der Waals surface area contributed by atoms with Gasteiger partial charge in [0.25, 0.3) is 0 Å². The van der Waals surface area contributed by atoms with Gasteiger partial charge in [0.05, 0.1) is 5.92 Å². The first-order valence-corrected chi connectivity index (χ1v) is 6.33. The fourth-order valence-corrected chi connectivity index (χ4v) is 1.84. The quantitative estimate of drug-likeness (QED) is 0.837. The van der Waals surface area contributed by atoms with Crippen molar-refractivity contribution in [2.75, 3.05) is 13.1 Å². The van der Waals surface area contributed by atoms with Crippen LogP contribution in [0.5, 0.6) is 0 Å². The van der Waals surface area contributed by atoms with Gasteiger partial charge in [0, 0.05) is 25.5 Å². The maximum Gasteiger partial charge on any atom is 0.410 e. The molecule has 2 rings (SSSR count). The Kier molecular flexibility index (Phi) is 3.62. The van der Waals surface area contributed by atoms with Crippen molar-refractivity contribution in [3.63, 3.8) is 0 Å². The van der Waals surface area contributed by atoms with Gasteiger partial charge < -0.3 is 9.64 Å². The molecule has 0 atom stereocenters. The molecule has 0 radical (unpaired) electrons. The molecule has 0 aromatic carbocycles. The summed E-state index contributed by atoms with van der Waals surface area (Å²) in [6.45, 7) is 5.08. The number of halogens is 2. The van der Waals surface area contributed by atoms with Gasteiger partial charge in [-0.1, -0.05) is 0 Å². The van der Waals surface area contributed by atoms with E-state index in [2.05, 4.69) is 9.97 Å². The summed E-state index contributed by atoms with van der Waals surface area (Å²) < 4.78 is 33.3. The zero-order valence-electron chi connectivity index (χ0n) is 11.6. The second-order valence-electron chi connectivity index (χ2n) is 5.78. The second-order valence-corrected chi connectivity index (χ2v) is 5.78. The smallest absolute Gasteiger partial charge is 0.410 e. The van der Waals surface area contributed by atoms with Gasteiger partial charge in [-0.3, -0.25) is 0 Å². The number of amides is 1. The number of likely N-dealkylation sites (tertiary alicyclic amines) is 1. The molecule has 1 aliphatic heterocycles. The number of carbonyl (C=O) groups excluding carboxylic acids is 1. The first-order chi connectivity index (χ1) is 9.20. The van der Waals surface area contributed by atoms with Crippen LogP contribution in [0.2, 0.25) is 0 Å². The van der Waals surface area contributed by atoms with E-state index in [0.717, 1.165) is 0 Å². The summed E-state index contributed by atoms with van der Waals surface area (Å²) in [5, 5.41) is 0. The molecule has 1 saturated heterocycles. The predicted octanol–water partition coefficient (Wildman–Crippen LogP) is 2.44. The molecule has 0 saturated carbocycles. The molecule has 1 amide bonds. The Morgan fingerprint density at radius 2 is 1.85 bits per heavy atom. The third-order valence-electron chi connectivity index (χ3n) is 2.91. The molecule has 1 fully saturated rings. The van der Waals surface area contributed by atoms with Crippen LogP contribution in [0.25, 0.3) is 0 Å². The third-order valence-corrected chi connectivity index (χ3v) is 2.91. The van der Waals surface area contributed by atoms with Crippen molar-refractivity contribution in [2.45, 2.75) is 32.3 Å². The van der Waals surface area contributed by atoms with Crippen LogP contribution < -0.4 is 0 Å². The van der Waals surface area contributed by atoms with Crippen LogP contribution >= 0.6 is 0 Å². The third kappa shape index (κ3) is 3.02. The van der Waals surface area contributed by atoms with Gasteiger partial charge in [-0.05, 0) is 26.8 Å². The molecule has 0 N–H and O–H groups in total. The first kappa shape index (κ1) is 14.6. The van der Waals surface area contributed by atoms with Crippen LogP contribution in [0.15, 0.2) is 18.5 Å². The number of carbonyl (C=O) groups is 1. The Labute approximate surface area is 116 Å². The van der Waals surface area contributed by atoms with E-state index in [9.17, 15) is 13.6 Å². The summed E-state index contributed by atoms with van der Waals surface area (Å²) in [5.41, 5.74) is -0.632. The van der Waals surface area contributed by atoms with Crippen molar-refractivity contribution in [3.8, 4) is 0 Å². The molecular weight excluding hydrogens is 268 g/mol. The zero-order valence-corrected chi connectivity index (χ0v) is 11.6. The van der Waals surface area contributed by atoms with Gasteiger partial charge in [0.1, 0.15) is 5.60 Å². The van der Waals surface area contributed by atoms with E-state index in [4.69, 9.17) is 4.74 Å². The number of nitrogens with zero attached hydrogens (tertiary/aromatic N) is 3. The van der Waals surface area contributed by atoms with Crippen LogP contribution in [0, 0.1) is 5.92 Å². The van der Waals surface area contributed by atoms with Crippen molar-refractivity contribution in [3.05, 3.63) is 24.3 Å². The van der Waals surface area contributed by atoms with Crippen LogP contribution in [-0.2, 0) is 10.7 Å². The molecule has 1 aromatic heterocycles. The molecule has 0 aliphatic carbocycles. The topological polar surface area (TPSA) is 55.3 Å². The van der Waals surface area contributed by atoms with E-state index in [0.29, 0.717) is 0 Å². The van der Waals surface area contributed by atoms with Crippen molar-refractivity contribution in [1.29, 1.82) is 0 Å². The van der Waals surface area contributed by atoms with E-state index in [1.807, 2.05) is 0 Å². The average Bonchev–Trinajstić information content (AvgIpc) is 2.25. The largest absolute Gasteiger partial charge is 0.444 e. The van der Waals surface area contributed by atoms with Crippen molar-refractivity contribution in [2.24, 2.45) is 5.92 Å². The van der Waals surface area contributed by atoms with Crippen molar-refractivity contribution >= 4 is 6.09 Å². The van der Waals surface area contributed by atoms with Gasteiger partial charge in [-0.2, -0.15) is 8.78 Å². The fraction of sp³-hybridized carbons (Fsp3) is 0.615. The lowest BCUT2D eigenvalue weighted by Crippen LogP contribution is -2.57. The normalized spacial score (nSPS) is 16.8. The molecular formula is C13H17F2N3O2. The highest BCUT2D eigenvalue weighted by Crippen LogP contribution is 2.39. The molecule has 0 spiro atoms. The fourth-order valence-electron chi connectivity index (χ4n) is 1.84. The lowest BCUT2D eigenvalue weighted by Gasteiger charge is -2.42. The van der Waals surface area contributed by atoms with Crippen molar-refractivity contribution < 1.29 is 18.3 Å². The number of rotatable bonds is 2. The molecule has 0 unspecified atom stereocenters. The molecule has 1 aliphatic rings. The SMILES string of the molecule is CC(C)(C)OC(=O)N1CC(C(F)(F)c2ncccn2)C1. The van der Waals surface area contributed by atoms with E-state index in [1.165, 1.54) is 23.4 Å². The summed E-state index contributed by atoms with van der Waals surface area (Å²) in [7, 11) is 0. The van der Waals surface area contributed by atoms with Gasteiger partial charge in [-0.15, -0.1) is 0 Å². The summed E-state index contributed by atoms with van der Waals surface area (Å²) in [4.78, 5) is 20.1. The maximum absolute atomic E-state index is 14.1. The summed E-state index contributed by atoms with van der Waals surface area (Å²) in [6.07, 6.45) is 1.99. The molecule has 0 bridgehead atoms. The van der Waals surface area contributed by atoms with E-state index in [-0.39, 0.29) is 13.1 Å². The van der Waals surface area contributed by atoms with Crippen LogP contribution in [0.3, 0.4) is 0 Å². The molecule has 20 heavy (non-hydrogen) atoms. The lowest BCUT2D eigenvalue weighted by atomic mass is 9.92. The summed E-state index contributed by atoms with van der Waals surface area (Å²) >= 11 is 0. The molecule has 1 aromatic rings. The Hall–Kier alpha value is -1.79. The lowest BCUT2D eigenvalue weighted by molar-refractivity contribution is -0.127.